The topological polar surface area (TPSA) is 138 Å². The van der Waals surface area contributed by atoms with Gasteiger partial charge in [-0.25, -0.2) is 4.98 Å². The van der Waals surface area contributed by atoms with Crippen molar-refractivity contribution >= 4 is 80.9 Å². The van der Waals surface area contributed by atoms with Crippen LogP contribution in [0.3, 0.4) is 0 Å². The number of aromatic nitrogens is 1. The fourth-order valence-electron chi connectivity index (χ4n) is 9.11. The van der Waals surface area contributed by atoms with Crippen LogP contribution >= 0.6 is 45.8 Å². The first-order chi connectivity index (χ1) is 27.1. The normalized spacial score (nSPS) is 25.5. The fourth-order valence-corrected chi connectivity index (χ4v) is 9.80. The van der Waals surface area contributed by atoms with Gasteiger partial charge in [0.05, 0.1) is 53.7 Å². The Morgan fingerprint density at radius 3 is 2.26 bits per heavy atom. The van der Waals surface area contributed by atoms with Crippen molar-refractivity contribution in [1.29, 1.82) is 0 Å². The van der Waals surface area contributed by atoms with E-state index in [1.165, 1.54) is 26.4 Å². The summed E-state index contributed by atoms with van der Waals surface area (Å²) in [5, 5.41) is 12.4. The summed E-state index contributed by atoms with van der Waals surface area (Å²) in [6.45, 7) is 0. The van der Waals surface area contributed by atoms with E-state index in [1.54, 1.807) is 54.6 Å². The number of methoxy groups -OCH3 is 2. The van der Waals surface area contributed by atoms with Gasteiger partial charge in [-0.15, -0.1) is 0 Å². The number of anilines is 2. The van der Waals surface area contributed by atoms with E-state index >= 15 is 4.79 Å². The largest absolute Gasteiger partial charge is 0.507 e. The van der Waals surface area contributed by atoms with E-state index < -0.39 is 81.2 Å². The minimum Gasteiger partial charge on any atom is -0.507 e. The minimum absolute atomic E-state index is 0.0982. The van der Waals surface area contributed by atoms with Gasteiger partial charge in [-0.3, -0.25) is 29.5 Å². The number of carbonyl (C=O) groups is 4. The lowest BCUT2D eigenvalue weighted by Gasteiger charge is -2.50. The average Bonchev–Trinajstić information content (AvgIpc) is 3.56. The van der Waals surface area contributed by atoms with E-state index in [0.717, 1.165) is 8.47 Å². The van der Waals surface area contributed by atoms with E-state index in [9.17, 15) is 32.7 Å². The molecule has 3 heterocycles. The number of phenolic OH excluding ortho intramolecular Hbond substituents is 1. The molecule has 4 aliphatic rings. The molecule has 294 valence electrons. The molecule has 0 radical (unpaired) electrons. The Morgan fingerprint density at radius 2 is 1.63 bits per heavy atom. The standard InChI is InChI=1S/C40H30Cl2F3IN4O7/c1-56-23-14-29(51)32(30(15-23)57-2)33-24-11-12-25-31(37(54)49(35(25)52)22-9-7-21(46)8-10-22)26(24)16-27-36(53)50(38(55)39(27,33)18-3-5-20(41)6-4-18)48-34-28(42)13-19(17-47-34)40(43,44)45/h3-11,13-15,17,25-27,31,33,51H,12,16H2,1-2H3,(H,47,48)/t25-,26+,27-,31-,33+,39+/m0/s1. The number of halogens is 6. The van der Waals surface area contributed by atoms with Crippen LogP contribution < -0.4 is 19.8 Å². The van der Waals surface area contributed by atoms with Crippen LogP contribution in [0.1, 0.15) is 35.4 Å². The summed E-state index contributed by atoms with van der Waals surface area (Å²) in [5.74, 6) is -8.04. The van der Waals surface area contributed by atoms with Gasteiger partial charge in [0.25, 0.3) is 11.8 Å². The van der Waals surface area contributed by atoms with E-state index in [0.29, 0.717) is 39.1 Å². The number of hydrazine groups is 1. The van der Waals surface area contributed by atoms with Gasteiger partial charge in [0.15, 0.2) is 5.82 Å². The summed E-state index contributed by atoms with van der Waals surface area (Å²) in [6.07, 6.45) is -2.45. The van der Waals surface area contributed by atoms with Crippen molar-refractivity contribution in [2.75, 3.05) is 24.5 Å². The number of phenols is 1. The number of rotatable bonds is 7. The molecule has 1 aromatic heterocycles. The summed E-state index contributed by atoms with van der Waals surface area (Å²) >= 11 is 14.7. The molecular weight excluding hydrogens is 903 g/mol. The highest BCUT2D eigenvalue weighted by molar-refractivity contribution is 14.1. The average molecular weight is 934 g/mol. The van der Waals surface area contributed by atoms with E-state index in [-0.39, 0.29) is 35.7 Å². The number of pyridine rings is 1. The fraction of sp³-hybridized carbons (Fsp3) is 0.275. The maximum absolute atomic E-state index is 15.5. The number of ether oxygens (including phenoxy) is 2. The number of carbonyl (C=O) groups excluding carboxylic acids is 4. The molecule has 0 bridgehead atoms. The summed E-state index contributed by atoms with van der Waals surface area (Å²) < 4.78 is 52.7. The number of benzene rings is 3. The van der Waals surface area contributed by atoms with Crippen LogP contribution in [-0.2, 0) is 30.8 Å². The summed E-state index contributed by atoms with van der Waals surface area (Å²) in [4.78, 5) is 64.0. The van der Waals surface area contributed by atoms with Crippen molar-refractivity contribution in [3.8, 4) is 17.2 Å². The summed E-state index contributed by atoms with van der Waals surface area (Å²) in [6, 6.07) is 16.7. The predicted octanol–water partition coefficient (Wildman–Crippen LogP) is 7.92. The smallest absolute Gasteiger partial charge is 0.417 e. The Bertz CT molecular complexity index is 2400. The van der Waals surface area contributed by atoms with Crippen molar-refractivity contribution in [2.24, 2.45) is 23.7 Å². The lowest BCUT2D eigenvalue weighted by molar-refractivity contribution is -0.139. The number of hydrogen-bond acceptors (Lipinski definition) is 9. The highest BCUT2D eigenvalue weighted by atomic mass is 127. The molecular formula is C40H30Cl2F3IN4O7. The zero-order valence-corrected chi connectivity index (χ0v) is 33.5. The molecule has 17 heteroatoms. The highest BCUT2D eigenvalue weighted by Gasteiger charge is 2.71. The molecule has 2 aliphatic heterocycles. The number of fused-ring (bicyclic) bond motifs is 4. The van der Waals surface area contributed by atoms with Crippen molar-refractivity contribution in [3.63, 3.8) is 0 Å². The zero-order valence-electron chi connectivity index (χ0n) is 29.8. The van der Waals surface area contributed by atoms with Crippen LogP contribution in [0.25, 0.3) is 0 Å². The molecule has 2 aliphatic carbocycles. The molecule has 4 aromatic rings. The lowest BCUT2D eigenvalue weighted by atomic mass is 9.49. The van der Waals surface area contributed by atoms with Crippen LogP contribution in [0.15, 0.2) is 84.6 Å². The molecule has 8 rings (SSSR count). The molecule has 6 atom stereocenters. The van der Waals surface area contributed by atoms with Crippen LogP contribution in [0.2, 0.25) is 10.0 Å². The number of amides is 4. The third-order valence-electron chi connectivity index (χ3n) is 11.5. The van der Waals surface area contributed by atoms with Gasteiger partial charge in [-0.1, -0.05) is 47.0 Å². The molecule has 57 heavy (non-hydrogen) atoms. The Labute approximate surface area is 346 Å². The maximum Gasteiger partial charge on any atom is 0.417 e. The SMILES string of the molecule is COc1cc(O)c([C@H]2C3=CC[C@@H]4C(=O)N(c5ccc(I)cc5)C(=O)[C@@H]4[C@@H]3C[C@H]3C(=O)N(Nc4ncc(C(F)(F)F)cc4Cl)C(=O)[C@@]23c2ccc(Cl)cc2)c(OC)c1. The molecule has 4 amide bonds. The molecule has 2 N–H and O–H groups in total. The Balaban J connectivity index is 1.35. The number of nitrogens with zero attached hydrogens (tertiary/aromatic N) is 3. The van der Waals surface area contributed by atoms with Crippen molar-refractivity contribution in [2.45, 2.75) is 30.4 Å². The Morgan fingerprint density at radius 1 is 0.930 bits per heavy atom. The summed E-state index contributed by atoms with van der Waals surface area (Å²) in [5.41, 5.74) is 0.866. The van der Waals surface area contributed by atoms with Crippen molar-refractivity contribution < 1.29 is 46.9 Å². The summed E-state index contributed by atoms with van der Waals surface area (Å²) in [7, 11) is 2.76. The predicted molar refractivity (Wildman–Crippen MR) is 210 cm³/mol. The second-order valence-electron chi connectivity index (χ2n) is 14.2. The monoisotopic (exact) mass is 932 g/mol. The Kier molecular flexibility index (Phi) is 9.71. The third kappa shape index (κ3) is 6.02. The van der Waals surface area contributed by atoms with Gasteiger partial charge >= 0.3 is 6.18 Å². The van der Waals surface area contributed by atoms with Crippen molar-refractivity contribution in [1.82, 2.24) is 9.99 Å². The van der Waals surface area contributed by atoms with Crippen molar-refractivity contribution in [3.05, 3.63) is 115 Å². The van der Waals surface area contributed by atoms with Gasteiger partial charge in [-0.05, 0) is 89.4 Å². The van der Waals surface area contributed by atoms with E-state index in [2.05, 4.69) is 33.0 Å². The van der Waals surface area contributed by atoms with Gasteiger partial charge in [0.1, 0.15) is 17.2 Å². The molecule has 0 spiro atoms. The molecule has 3 fully saturated rings. The highest BCUT2D eigenvalue weighted by Crippen LogP contribution is 2.66. The van der Waals surface area contributed by atoms with Gasteiger partial charge < -0.3 is 14.6 Å². The Hall–Kier alpha value is -4.87. The number of alkyl halides is 3. The second kappa shape index (κ2) is 14.2. The first-order valence-electron chi connectivity index (χ1n) is 17.5. The van der Waals surface area contributed by atoms with Gasteiger partial charge in [0, 0.05) is 38.4 Å². The first kappa shape index (κ1) is 39.0. The molecule has 2 saturated heterocycles. The van der Waals surface area contributed by atoms with Gasteiger partial charge in [-0.2, -0.15) is 18.2 Å². The molecule has 11 nitrogen and oxygen atoms in total. The van der Waals surface area contributed by atoms with Crippen LogP contribution in [0.4, 0.5) is 24.7 Å². The lowest BCUT2D eigenvalue weighted by Crippen LogP contribution is -2.53. The number of imide groups is 2. The molecule has 0 unspecified atom stereocenters. The molecule has 3 aromatic carbocycles. The van der Waals surface area contributed by atoms with Gasteiger partial charge in [0.2, 0.25) is 11.8 Å². The second-order valence-corrected chi connectivity index (χ2v) is 16.3. The van der Waals surface area contributed by atoms with E-state index in [1.807, 2.05) is 0 Å². The number of hydrogen-bond donors (Lipinski definition) is 2. The van der Waals surface area contributed by atoms with Crippen LogP contribution in [-0.4, -0.2) is 52.9 Å². The molecule has 1 saturated carbocycles. The number of nitrogens with one attached hydrogen (secondary N) is 1. The third-order valence-corrected chi connectivity index (χ3v) is 12.7. The maximum atomic E-state index is 15.5. The quantitative estimate of drug-likeness (QED) is 0.108. The zero-order chi connectivity index (χ0) is 40.7. The van der Waals surface area contributed by atoms with Crippen LogP contribution in [0, 0.1) is 27.2 Å². The first-order valence-corrected chi connectivity index (χ1v) is 19.4. The van der Waals surface area contributed by atoms with E-state index in [4.69, 9.17) is 32.7 Å². The number of allylic oxidation sites excluding steroid dienone is 2. The number of aromatic hydroxyl groups is 1. The minimum atomic E-state index is -4.77. The van der Waals surface area contributed by atoms with Crippen LogP contribution in [0.5, 0.6) is 17.2 Å².